The fourth-order valence-corrected chi connectivity index (χ4v) is 2.15. The van der Waals surface area contributed by atoms with Crippen molar-refractivity contribution < 1.29 is 9.53 Å². The van der Waals surface area contributed by atoms with Gasteiger partial charge < -0.3 is 10.1 Å². The molecule has 1 amide bonds. The summed E-state index contributed by atoms with van der Waals surface area (Å²) in [6, 6.07) is 7.25. The quantitative estimate of drug-likeness (QED) is 0.740. The summed E-state index contributed by atoms with van der Waals surface area (Å²) in [4.78, 5) is 12.2. The highest BCUT2D eigenvalue weighted by Gasteiger charge is 2.14. The third-order valence-corrected chi connectivity index (χ3v) is 3.22. The van der Waals surface area contributed by atoms with Crippen LogP contribution < -0.4 is 10.1 Å². The lowest BCUT2D eigenvalue weighted by Crippen LogP contribution is -2.37. The molecule has 1 aromatic rings. The Morgan fingerprint density at radius 1 is 1.40 bits per heavy atom. The van der Waals surface area contributed by atoms with Crippen molar-refractivity contribution in [3.8, 4) is 5.75 Å². The van der Waals surface area contributed by atoms with E-state index in [1.165, 1.54) is 0 Å². The van der Waals surface area contributed by atoms with E-state index in [0.717, 1.165) is 18.6 Å². The molecule has 0 aromatic heterocycles. The molecule has 1 N–H and O–H groups in total. The predicted molar refractivity (Wildman–Crippen MR) is 83.7 cm³/mol. The molecule has 0 fully saturated rings. The summed E-state index contributed by atoms with van der Waals surface area (Å²) in [6.45, 7) is 6.94. The van der Waals surface area contributed by atoms with Gasteiger partial charge in [-0.3, -0.25) is 4.79 Å². The maximum atomic E-state index is 12.2. The molecular formula is C16H24ClNO2. The summed E-state index contributed by atoms with van der Waals surface area (Å²) >= 11 is 5.90. The maximum absolute atomic E-state index is 12.2. The first-order valence-electron chi connectivity index (χ1n) is 7.16. The van der Waals surface area contributed by atoms with E-state index in [9.17, 15) is 4.79 Å². The molecule has 1 atom stereocenters. The van der Waals surface area contributed by atoms with Crippen molar-refractivity contribution in [2.24, 2.45) is 5.92 Å². The molecule has 0 heterocycles. The zero-order valence-electron chi connectivity index (χ0n) is 12.5. The Kier molecular flexibility index (Phi) is 7.45. The van der Waals surface area contributed by atoms with E-state index in [4.69, 9.17) is 16.3 Å². The zero-order chi connectivity index (χ0) is 15.0. The molecular weight excluding hydrogens is 274 g/mol. The molecule has 0 aliphatic heterocycles. The highest BCUT2D eigenvalue weighted by Crippen LogP contribution is 2.14. The minimum absolute atomic E-state index is 0.00406. The summed E-state index contributed by atoms with van der Waals surface area (Å²) in [5, 5.41) is 2.97. The second kappa shape index (κ2) is 8.85. The first kappa shape index (κ1) is 16.8. The lowest BCUT2D eigenvalue weighted by Gasteiger charge is -2.18. The smallest absolute Gasteiger partial charge is 0.251 e. The molecule has 0 aliphatic rings. The maximum Gasteiger partial charge on any atom is 0.251 e. The van der Waals surface area contributed by atoms with Gasteiger partial charge in [0.15, 0.2) is 0 Å². The van der Waals surface area contributed by atoms with Crippen LogP contribution in [0.3, 0.4) is 0 Å². The molecule has 3 nitrogen and oxygen atoms in total. The third kappa shape index (κ3) is 5.83. The average molecular weight is 298 g/mol. The summed E-state index contributed by atoms with van der Waals surface area (Å²) < 4.78 is 5.54. The van der Waals surface area contributed by atoms with E-state index in [1.54, 1.807) is 12.1 Å². The van der Waals surface area contributed by atoms with Crippen molar-refractivity contribution >= 4 is 17.5 Å². The number of benzene rings is 1. The van der Waals surface area contributed by atoms with Gasteiger partial charge in [0.1, 0.15) is 5.75 Å². The number of halogens is 1. The number of carbonyl (C=O) groups is 1. The zero-order valence-corrected chi connectivity index (χ0v) is 13.2. The van der Waals surface area contributed by atoms with Crippen LogP contribution in [0.15, 0.2) is 24.3 Å². The second-order valence-electron chi connectivity index (χ2n) is 5.33. The normalized spacial score (nSPS) is 12.2. The molecule has 0 saturated carbocycles. The van der Waals surface area contributed by atoms with Gasteiger partial charge in [0.25, 0.3) is 5.91 Å². The predicted octanol–water partition coefficient (Wildman–Crippen LogP) is 3.86. The number of rotatable bonds is 8. The first-order valence-corrected chi connectivity index (χ1v) is 7.70. The van der Waals surface area contributed by atoms with Gasteiger partial charge in [-0.05, 0) is 37.0 Å². The standard InChI is InChI=1S/C16H24ClNO2/c1-4-8-20-15-7-5-6-13(10-15)16(19)18-14(11-17)9-12(2)3/h5-7,10,12,14H,4,8-9,11H2,1-3H3,(H,18,19). The summed E-state index contributed by atoms with van der Waals surface area (Å²) in [7, 11) is 0. The van der Waals surface area contributed by atoms with Crippen LogP contribution in [0.2, 0.25) is 0 Å². The van der Waals surface area contributed by atoms with Crippen LogP contribution in [0, 0.1) is 5.92 Å². The van der Waals surface area contributed by atoms with Crippen LogP contribution in [0.4, 0.5) is 0 Å². The fraction of sp³-hybridized carbons (Fsp3) is 0.562. The van der Waals surface area contributed by atoms with Gasteiger partial charge in [0.05, 0.1) is 6.61 Å². The fourth-order valence-electron chi connectivity index (χ4n) is 1.95. The molecule has 20 heavy (non-hydrogen) atoms. The summed E-state index contributed by atoms with van der Waals surface area (Å²) in [5.74, 6) is 1.55. The number of hydrogen-bond acceptors (Lipinski definition) is 2. The van der Waals surface area contributed by atoms with Gasteiger partial charge in [0.2, 0.25) is 0 Å². The lowest BCUT2D eigenvalue weighted by molar-refractivity contribution is 0.0936. The van der Waals surface area contributed by atoms with Crippen LogP contribution in [0.1, 0.15) is 44.0 Å². The van der Waals surface area contributed by atoms with Crippen LogP contribution in [0.25, 0.3) is 0 Å². The van der Waals surface area contributed by atoms with Crippen LogP contribution in [-0.2, 0) is 0 Å². The van der Waals surface area contributed by atoms with E-state index in [-0.39, 0.29) is 11.9 Å². The molecule has 0 bridgehead atoms. The summed E-state index contributed by atoms with van der Waals surface area (Å²) in [5.41, 5.74) is 0.609. The number of carbonyl (C=O) groups excluding carboxylic acids is 1. The SMILES string of the molecule is CCCOc1cccc(C(=O)NC(CCl)CC(C)C)c1. The van der Waals surface area contributed by atoms with Crippen molar-refractivity contribution in [1.82, 2.24) is 5.32 Å². The van der Waals surface area contributed by atoms with Crippen molar-refractivity contribution in [2.75, 3.05) is 12.5 Å². The van der Waals surface area contributed by atoms with Crippen LogP contribution in [-0.4, -0.2) is 24.4 Å². The van der Waals surface area contributed by atoms with E-state index in [0.29, 0.717) is 24.0 Å². The van der Waals surface area contributed by atoms with E-state index < -0.39 is 0 Å². The highest BCUT2D eigenvalue weighted by molar-refractivity contribution is 6.18. The second-order valence-corrected chi connectivity index (χ2v) is 5.64. The monoisotopic (exact) mass is 297 g/mol. The lowest BCUT2D eigenvalue weighted by atomic mass is 10.0. The van der Waals surface area contributed by atoms with Crippen molar-refractivity contribution in [1.29, 1.82) is 0 Å². The number of nitrogens with one attached hydrogen (secondary N) is 1. The topological polar surface area (TPSA) is 38.3 Å². The summed E-state index contributed by atoms with van der Waals surface area (Å²) in [6.07, 6.45) is 1.82. The third-order valence-electron chi connectivity index (χ3n) is 2.85. The largest absolute Gasteiger partial charge is 0.494 e. The molecule has 0 spiro atoms. The molecule has 0 saturated heterocycles. The molecule has 1 aromatic carbocycles. The Labute approximate surface area is 126 Å². The Morgan fingerprint density at radius 3 is 2.75 bits per heavy atom. The minimum atomic E-state index is -0.0988. The van der Waals surface area contributed by atoms with E-state index in [2.05, 4.69) is 19.2 Å². The highest BCUT2D eigenvalue weighted by atomic mass is 35.5. The first-order chi connectivity index (χ1) is 9.56. The molecule has 1 rings (SSSR count). The van der Waals surface area contributed by atoms with E-state index >= 15 is 0 Å². The molecule has 0 radical (unpaired) electrons. The van der Waals surface area contributed by atoms with Gasteiger partial charge in [-0.15, -0.1) is 11.6 Å². The molecule has 1 unspecified atom stereocenters. The number of ether oxygens (including phenoxy) is 1. The number of hydrogen-bond donors (Lipinski definition) is 1. The minimum Gasteiger partial charge on any atom is -0.494 e. The van der Waals surface area contributed by atoms with Crippen LogP contribution in [0.5, 0.6) is 5.75 Å². The van der Waals surface area contributed by atoms with Gasteiger partial charge in [-0.1, -0.05) is 26.8 Å². The molecule has 4 heteroatoms. The van der Waals surface area contributed by atoms with Crippen LogP contribution >= 0.6 is 11.6 Å². The van der Waals surface area contributed by atoms with Crippen molar-refractivity contribution in [2.45, 2.75) is 39.7 Å². The number of alkyl halides is 1. The van der Waals surface area contributed by atoms with Gasteiger partial charge in [-0.2, -0.15) is 0 Å². The molecule has 112 valence electrons. The number of amides is 1. The van der Waals surface area contributed by atoms with Crippen molar-refractivity contribution in [3.05, 3.63) is 29.8 Å². The van der Waals surface area contributed by atoms with E-state index in [1.807, 2.05) is 19.1 Å². The average Bonchev–Trinajstić information content (AvgIpc) is 2.44. The Morgan fingerprint density at radius 2 is 2.15 bits per heavy atom. The molecule has 0 aliphatic carbocycles. The van der Waals surface area contributed by atoms with Crippen molar-refractivity contribution in [3.63, 3.8) is 0 Å². The Hall–Kier alpha value is -1.22. The van der Waals surface area contributed by atoms with Gasteiger partial charge in [-0.25, -0.2) is 0 Å². The van der Waals surface area contributed by atoms with Gasteiger partial charge in [0, 0.05) is 17.5 Å². The van der Waals surface area contributed by atoms with Gasteiger partial charge >= 0.3 is 0 Å². The Balaban J connectivity index is 2.66. The Bertz CT molecular complexity index is 421.